The first-order chi connectivity index (χ1) is 11.1. The van der Waals surface area contributed by atoms with Crippen LogP contribution in [0, 0.1) is 0 Å². The lowest BCUT2D eigenvalue weighted by molar-refractivity contribution is 0.102. The molecular weight excluding hydrogens is 290 g/mol. The number of fused-ring (bicyclic) bond motifs is 1. The van der Waals surface area contributed by atoms with Crippen molar-refractivity contribution >= 4 is 23.3 Å². The van der Waals surface area contributed by atoms with E-state index in [0.29, 0.717) is 11.3 Å². The van der Waals surface area contributed by atoms with Crippen LogP contribution >= 0.6 is 0 Å². The number of aryl methyl sites for hydroxylation is 1. The van der Waals surface area contributed by atoms with Gasteiger partial charge >= 0.3 is 6.03 Å². The molecule has 0 bridgehead atoms. The maximum Gasteiger partial charge on any atom is 0.316 e. The molecule has 0 spiro atoms. The molecule has 0 atom stereocenters. The Hall–Kier alpha value is -2.82. The largest absolute Gasteiger partial charge is 0.351 e. The Kier molecular flexibility index (Phi) is 4.28. The van der Waals surface area contributed by atoms with Crippen LogP contribution in [0.4, 0.5) is 16.2 Å². The Morgan fingerprint density at radius 3 is 2.57 bits per heavy atom. The van der Waals surface area contributed by atoms with Gasteiger partial charge in [-0.1, -0.05) is 18.2 Å². The highest BCUT2D eigenvalue weighted by atomic mass is 16.2. The normalized spacial score (nSPS) is 13.0. The monoisotopic (exact) mass is 309 g/mol. The molecule has 3 rings (SSSR count). The van der Waals surface area contributed by atoms with Crippen molar-refractivity contribution in [3.8, 4) is 0 Å². The van der Waals surface area contributed by atoms with Crippen molar-refractivity contribution in [3.63, 3.8) is 0 Å². The molecule has 0 saturated carbocycles. The van der Waals surface area contributed by atoms with E-state index in [1.807, 2.05) is 12.1 Å². The lowest BCUT2D eigenvalue weighted by Crippen LogP contribution is -2.20. The molecular formula is C18H19N3O2. The van der Waals surface area contributed by atoms with E-state index >= 15 is 0 Å². The molecule has 2 aromatic rings. The van der Waals surface area contributed by atoms with Gasteiger partial charge in [-0.05, 0) is 61.1 Å². The highest BCUT2D eigenvalue weighted by Gasteiger charge is 2.15. The Labute approximate surface area is 134 Å². The molecule has 0 heterocycles. The number of hydrogen-bond acceptors (Lipinski definition) is 2. The number of urea groups is 1. The van der Waals surface area contributed by atoms with Gasteiger partial charge < -0.3 is 16.4 Å². The zero-order chi connectivity index (χ0) is 16.2. The molecule has 23 heavy (non-hydrogen) atoms. The molecule has 0 radical (unpaired) electrons. The van der Waals surface area contributed by atoms with Crippen LogP contribution in [-0.4, -0.2) is 11.9 Å². The molecule has 5 heteroatoms. The number of amides is 3. The molecule has 0 fully saturated rings. The van der Waals surface area contributed by atoms with Gasteiger partial charge in [-0.15, -0.1) is 0 Å². The van der Waals surface area contributed by atoms with E-state index in [4.69, 9.17) is 5.73 Å². The van der Waals surface area contributed by atoms with Crippen molar-refractivity contribution < 1.29 is 9.59 Å². The Bertz CT molecular complexity index is 756. The molecule has 0 aliphatic heterocycles. The summed E-state index contributed by atoms with van der Waals surface area (Å²) in [7, 11) is 0. The van der Waals surface area contributed by atoms with Crippen molar-refractivity contribution in [2.75, 3.05) is 10.6 Å². The average molecular weight is 309 g/mol. The number of carbonyl (C=O) groups is 2. The van der Waals surface area contributed by atoms with Crippen LogP contribution in [0.1, 0.15) is 34.3 Å². The molecule has 1 aliphatic carbocycles. The first-order valence-electron chi connectivity index (χ1n) is 7.72. The summed E-state index contributed by atoms with van der Waals surface area (Å²) in [4.78, 5) is 23.4. The number of benzene rings is 2. The van der Waals surface area contributed by atoms with E-state index in [1.165, 1.54) is 17.5 Å². The van der Waals surface area contributed by atoms with Crippen molar-refractivity contribution in [1.82, 2.24) is 0 Å². The first kappa shape index (κ1) is 15.1. The Morgan fingerprint density at radius 1 is 0.957 bits per heavy atom. The Morgan fingerprint density at radius 2 is 1.74 bits per heavy atom. The van der Waals surface area contributed by atoms with Crippen molar-refractivity contribution in [2.45, 2.75) is 25.7 Å². The third-order valence-electron chi connectivity index (χ3n) is 4.04. The SMILES string of the molecule is NC(=O)Nc1cccc(C(=O)Nc2cccc3c2CCCC3)c1. The zero-order valence-corrected chi connectivity index (χ0v) is 12.8. The van der Waals surface area contributed by atoms with Crippen LogP contribution in [0.2, 0.25) is 0 Å². The Balaban J connectivity index is 1.81. The summed E-state index contributed by atoms with van der Waals surface area (Å²) < 4.78 is 0. The van der Waals surface area contributed by atoms with Gasteiger partial charge in [0.2, 0.25) is 0 Å². The minimum absolute atomic E-state index is 0.197. The molecule has 0 aromatic heterocycles. The number of carbonyl (C=O) groups excluding carboxylic acids is 2. The number of anilines is 2. The predicted molar refractivity (Wildman–Crippen MR) is 90.7 cm³/mol. The summed E-state index contributed by atoms with van der Waals surface area (Å²) in [5.74, 6) is -0.197. The zero-order valence-electron chi connectivity index (χ0n) is 12.8. The van der Waals surface area contributed by atoms with Gasteiger partial charge in [-0.25, -0.2) is 4.79 Å². The minimum atomic E-state index is -0.653. The summed E-state index contributed by atoms with van der Waals surface area (Å²) in [6.45, 7) is 0. The number of nitrogens with one attached hydrogen (secondary N) is 2. The van der Waals surface area contributed by atoms with Crippen LogP contribution in [0.3, 0.4) is 0 Å². The molecule has 1 aliphatic rings. The van der Waals surface area contributed by atoms with E-state index in [0.717, 1.165) is 24.9 Å². The van der Waals surface area contributed by atoms with Crippen molar-refractivity contribution in [3.05, 3.63) is 59.2 Å². The maximum absolute atomic E-state index is 12.5. The van der Waals surface area contributed by atoms with Crippen LogP contribution in [0.15, 0.2) is 42.5 Å². The fraction of sp³-hybridized carbons (Fsp3) is 0.222. The second kappa shape index (κ2) is 6.52. The van der Waals surface area contributed by atoms with E-state index in [-0.39, 0.29) is 5.91 Å². The number of rotatable bonds is 3. The molecule has 118 valence electrons. The van der Waals surface area contributed by atoms with E-state index in [2.05, 4.69) is 16.7 Å². The highest BCUT2D eigenvalue weighted by Crippen LogP contribution is 2.28. The first-order valence-corrected chi connectivity index (χ1v) is 7.72. The van der Waals surface area contributed by atoms with Crippen LogP contribution < -0.4 is 16.4 Å². The van der Waals surface area contributed by atoms with E-state index in [9.17, 15) is 9.59 Å². The fourth-order valence-corrected chi connectivity index (χ4v) is 2.97. The summed E-state index contributed by atoms with van der Waals surface area (Å²) >= 11 is 0. The molecule has 4 N–H and O–H groups in total. The second-order valence-corrected chi connectivity index (χ2v) is 5.67. The lowest BCUT2D eigenvalue weighted by Gasteiger charge is -2.19. The minimum Gasteiger partial charge on any atom is -0.351 e. The average Bonchev–Trinajstić information content (AvgIpc) is 2.55. The topological polar surface area (TPSA) is 84.2 Å². The number of nitrogens with two attached hydrogens (primary N) is 1. The molecule has 5 nitrogen and oxygen atoms in total. The standard InChI is InChI=1S/C18H19N3O2/c19-18(23)20-14-8-3-7-13(11-14)17(22)21-16-10-4-6-12-5-1-2-9-15(12)16/h3-4,6-8,10-11H,1-2,5,9H2,(H,21,22)(H3,19,20,23). The van der Waals surface area contributed by atoms with Crippen LogP contribution in [0.25, 0.3) is 0 Å². The van der Waals surface area contributed by atoms with Gasteiger partial charge in [0.25, 0.3) is 5.91 Å². The lowest BCUT2D eigenvalue weighted by atomic mass is 9.90. The number of primary amides is 1. The quantitative estimate of drug-likeness (QED) is 0.812. The van der Waals surface area contributed by atoms with Gasteiger partial charge in [-0.2, -0.15) is 0 Å². The van der Waals surface area contributed by atoms with Gasteiger partial charge in [0.05, 0.1) is 0 Å². The predicted octanol–water partition coefficient (Wildman–Crippen LogP) is 3.31. The van der Waals surface area contributed by atoms with Gasteiger partial charge in [0.1, 0.15) is 0 Å². The van der Waals surface area contributed by atoms with Crippen molar-refractivity contribution in [1.29, 1.82) is 0 Å². The third kappa shape index (κ3) is 3.51. The summed E-state index contributed by atoms with van der Waals surface area (Å²) in [5, 5.41) is 5.46. The molecule has 2 aromatic carbocycles. The van der Waals surface area contributed by atoms with Crippen LogP contribution in [0.5, 0.6) is 0 Å². The highest BCUT2D eigenvalue weighted by molar-refractivity contribution is 6.05. The van der Waals surface area contributed by atoms with E-state index < -0.39 is 6.03 Å². The van der Waals surface area contributed by atoms with E-state index in [1.54, 1.807) is 24.3 Å². The number of hydrogen-bond donors (Lipinski definition) is 3. The van der Waals surface area contributed by atoms with Gasteiger partial charge in [-0.3, -0.25) is 4.79 Å². The third-order valence-corrected chi connectivity index (χ3v) is 4.04. The van der Waals surface area contributed by atoms with Gasteiger partial charge in [0.15, 0.2) is 0 Å². The van der Waals surface area contributed by atoms with Crippen LogP contribution in [-0.2, 0) is 12.8 Å². The molecule has 3 amide bonds. The summed E-state index contributed by atoms with van der Waals surface area (Å²) in [5.41, 5.74) is 9.50. The smallest absolute Gasteiger partial charge is 0.316 e. The molecule has 0 saturated heterocycles. The summed E-state index contributed by atoms with van der Waals surface area (Å²) in [6, 6.07) is 12.1. The maximum atomic E-state index is 12.5. The fourth-order valence-electron chi connectivity index (χ4n) is 2.97. The second-order valence-electron chi connectivity index (χ2n) is 5.67. The van der Waals surface area contributed by atoms with Gasteiger partial charge in [0, 0.05) is 16.9 Å². The molecule has 0 unspecified atom stereocenters. The van der Waals surface area contributed by atoms with Crippen molar-refractivity contribution in [2.24, 2.45) is 5.73 Å². The summed E-state index contributed by atoms with van der Waals surface area (Å²) in [6.07, 6.45) is 4.41.